The molecule has 0 bridgehead atoms. The summed E-state index contributed by atoms with van der Waals surface area (Å²) in [6.45, 7) is 0.754. The van der Waals surface area contributed by atoms with Crippen molar-refractivity contribution in [1.29, 1.82) is 0 Å². The number of rotatable bonds is 6. The van der Waals surface area contributed by atoms with Crippen LogP contribution in [0.5, 0.6) is 5.75 Å². The number of anilines is 1. The van der Waals surface area contributed by atoms with Gasteiger partial charge in [-0.15, -0.1) is 0 Å². The first-order chi connectivity index (χ1) is 13.5. The van der Waals surface area contributed by atoms with Crippen molar-refractivity contribution in [3.8, 4) is 5.75 Å². The molecule has 0 unspecified atom stereocenters. The largest absolute Gasteiger partial charge is 0.484 e. The molecule has 3 rings (SSSR count). The summed E-state index contributed by atoms with van der Waals surface area (Å²) in [6.07, 6.45) is 1.47. The Morgan fingerprint density at radius 2 is 1.86 bits per heavy atom. The number of ether oxygens (including phenoxy) is 1. The van der Waals surface area contributed by atoms with Gasteiger partial charge in [0.25, 0.3) is 11.6 Å². The predicted molar refractivity (Wildman–Crippen MR) is 103 cm³/mol. The highest BCUT2D eigenvalue weighted by Crippen LogP contribution is 2.20. The van der Waals surface area contributed by atoms with Crippen LogP contribution in [0.25, 0.3) is 0 Å². The number of amides is 2. The van der Waals surface area contributed by atoms with Crippen LogP contribution in [0.4, 0.5) is 11.4 Å². The van der Waals surface area contributed by atoms with Gasteiger partial charge in [-0.25, -0.2) is 0 Å². The number of carbonyl (C=O) groups is 2. The zero-order chi connectivity index (χ0) is 19.9. The van der Waals surface area contributed by atoms with Crippen molar-refractivity contribution in [1.82, 2.24) is 4.90 Å². The summed E-state index contributed by atoms with van der Waals surface area (Å²) in [5, 5.41) is 13.5. The van der Waals surface area contributed by atoms with E-state index in [4.69, 9.17) is 4.74 Å². The van der Waals surface area contributed by atoms with Crippen molar-refractivity contribution in [3.63, 3.8) is 0 Å². The van der Waals surface area contributed by atoms with Gasteiger partial charge in [-0.1, -0.05) is 18.2 Å². The average Bonchev–Trinajstić information content (AvgIpc) is 2.73. The van der Waals surface area contributed by atoms with Gasteiger partial charge in [-0.05, 0) is 37.1 Å². The molecule has 0 saturated carbocycles. The molecule has 1 aliphatic heterocycles. The smallest absolute Gasteiger partial charge is 0.269 e. The maximum Gasteiger partial charge on any atom is 0.269 e. The molecule has 0 aliphatic carbocycles. The highest BCUT2D eigenvalue weighted by Gasteiger charge is 2.28. The summed E-state index contributed by atoms with van der Waals surface area (Å²) in [7, 11) is 0. The Morgan fingerprint density at radius 1 is 1.14 bits per heavy atom. The third-order valence-corrected chi connectivity index (χ3v) is 4.60. The fourth-order valence-corrected chi connectivity index (χ4v) is 3.08. The first-order valence-electron chi connectivity index (χ1n) is 9.04. The van der Waals surface area contributed by atoms with Crippen molar-refractivity contribution < 1.29 is 19.2 Å². The molecule has 2 aromatic carbocycles. The van der Waals surface area contributed by atoms with Crippen LogP contribution < -0.4 is 10.1 Å². The van der Waals surface area contributed by atoms with Crippen molar-refractivity contribution in [2.45, 2.75) is 12.8 Å². The van der Waals surface area contributed by atoms with Gasteiger partial charge in [-0.3, -0.25) is 19.7 Å². The van der Waals surface area contributed by atoms with Gasteiger partial charge in [-0.2, -0.15) is 0 Å². The SMILES string of the molecule is O=C(Nc1ccccc1)[C@@H]1CCCN(C(=O)COc2ccc([N+](=O)[O-])cc2)C1. The maximum atomic E-state index is 12.5. The van der Waals surface area contributed by atoms with Gasteiger partial charge in [0.05, 0.1) is 10.8 Å². The Kier molecular flexibility index (Phi) is 6.21. The first-order valence-corrected chi connectivity index (χ1v) is 9.04. The molecule has 0 radical (unpaired) electrons. The Balaban J connectivity index is 1.51. The minimum Gasteiger partial charge on any atom is -0.484 e. The van der Waals surface area contributed by atoms with Crippen LogP contribution in [0.15, 0.2) is 54.6 Å². The van der Waals surface area contributed by atoms with E-state index in [0.717, 1.165) is 18.5 Å². The molecule has 2 aromatic rings. The highest BCUT2D eigenvalue weighted by atomic mass is 16.6. The molecule has 1 atom stereocenters. The second-order valence-electron chi connectivity index (χ2n) is 6.57. The third-order valence-electron chi connectivity index (χ3n) is 4.60. The standard InChI is InChI=1S/C20H21N3O5/c24-19(14-28-18-10-8-17(9-11-18)23(26)27)22-12-4-5-15(13-22)20(25)21-16-6-2-1-3-7-16/h1-3,6-11,15H,4-5,12-14H2,(H,21,25)/t15-/m1/s1. The molecule has 2 amide bonds. The summed E-state index contributed by atoms with van der Waals surface area (Å²) in [5.41, 5.74) is 0.694. The number of likely N-dealkylation sites (tertiary alicyclic amines) is 1. The van der Waals surface area contributed by atoms with E-state index in [1.807, 2.05) is 30.3 Å². The highest BCUT2D eigenvalue weighted by molar-refractivity contribution is 5.93. The lowest BCUT2D eigenvalue weighted by molar-refractivity contribution is -0.384. The van der Waals surface area contributed by atoms with Crippen LogP contribution in [0.2, 0.25) is 0 Å². The van der Waals surface area contributed by atoms with Gasteiger partial charge in [0.1, 0.15) is 5.75 Å². The Bertz CT molecular complexity index is 839. The molecule has 8 heteroatoms. The molecule has 1 saturated heterocycles. The van der Waals surface area contributed by atoms with E-state index < -0.39 is 4.92 Å². The molecule has 1 fully saturated rings. The number of carbonyl (C=O) groups excluding carboxylic acids is 2. The minimum absolute atomic E-state index is 0.0398. The lowest BCUT2D eigenvalue weighted by Crippen LogP contribution is -2.45. The fourth-order valence-electron chi connectivity index (χ4n) is 3.08. The average molecular weight is 383 g/mol. The van der Waals surface area contributed by atoms with Crippen molar-refractivity contribution in [2.24, 2.45) is 5.92 Å². The predicted octanol–water partition coefficient (Wildman–Crippen LogP) is 2.85. The third kappa shape index (κ3) is 5.06. The molecule has 1 heterocycles. The van der Waals surface area contributed by atoms with E-state index in [-0.39, 0.29) is 30.0 Å². The zero-order valence-electron chi connectivity index (χ0n) is 15.2. The number of non-ortho nitro benzene ring substituents is 1. The number of para-hydroxylation sites is 1. The van der Waals surface area contributed by atoms with Crippen molar-refractivity contribution in [2.75, 3.05) is 25.0 Å². The first kappa shape index (κ1) is 19.3. The van der Waals surface area contributed by atoms with E-state index >= 15 is 0 Å². The monoisotopic (exact) mass is 383 g/mol. The number of nitrogens with zero attached hydrogens (tertiary/aromatic N) is 2. The number of piperidine rings is 1. The quantitative estimate of drug-likeness (QED) is 0.610. The van der Waals surface area contributed by atoms with Gasteiger partial charge < -0.3 is 15.0 Å². The summed E-state index contributed by atoms with van der Waals surface area (Å²) < 4.78 is 5.43. The van der Waals surface area contributed by atoms with Crippen LogP contribution in [-0.4, -0.2) is 41.3 Å². The van der Waals surface area contributed by atoms with Crippen molar-refractivity contribution in [3.05, 3.63) is 64.7 Å². The van der Waals surface area contributed by atoms with Crippen LogP contribution >= 0.6 is 0 Å². The van der Waals surface area contributed by atoms with E-state index in [0.29, 0.717) is 18.8 Å². The number of hydrogen-bond acceptors (Lipinski definition) is 5. The van der Waals surface area contributed by atoms with Gasteiger partial charge >= 0.3 is 0 Å². The second-order valence-corrected chi connectivity index (χ2v) is 6.57. The number of benzene rings is 2. The molecular weight excluding hydrogens is 362 g/mol. The summed E-state index contributed by atoms with van der Waals surface area (Å²) in [6, 6.07) is 14.8. The van der Waals surface area contributed by atoms with Crippen molar-refractivity contribution >= 4 is 23.2 Å². The Morgan fingerprint density at radius 3 is 2.54 bits per heavy atom. The van der Waals surface area contributed by atoms with Gasteiger partial charge in [0.2, 0.25) is 5.91 Å². The van der Waals surface area contributed by atoms with E-state index in [1.54, 1.807) is 4.90 Å². The molecule has 0 aromatic heterocycles. The number of nitro benzene ring substituents is 1. The summed E-state index contributed by atoms with van der Waals surface area (Å²) in [5.74, 6) is -0.192. The molecule has 1 N–H and O–H groups in total. The molecular formula is C20H21N3O5. The Hall–Kier alpha value is -3.42. The zero-order valence-corrected chi connectivity index (χ0v) is 15.2. The maximum absolute atomic E-state index is 12.5. The molecule has 0 spiro atoms. The molecule has 1 aliphatic rings. The van der Waals surface area contributed by atoms with E-state index in [1.165, 1.54) is 24.3 Å². The lowest BCUT2D eigenvalue weighted by atomic mass is 9.97. The van der Waals surface area contributed by atoms with E-state index in [2.05, 4.69) is 5.32 Å². The lowest BCUT2D eigenvalue weighted by Gasteiger charge is -2.32. The normalized spacial score (nSPS) is 16.3. The van der Waals surface area contributed by atoms with Crippen LogP contribution in [0.1, 0.15) is 12.8 Å². The van der Waals surface area contributed by atoms with E-state index in [9.17, 15) is 19.7 Å². The number of nitro groups is 1. The van der Waals surface area contributed by atoms with Gasteiger partial charge in [0, 0.05) is 30.9 Å². The minimum atomic E-state index is -0.497. The Labute approximate surface area is 162 Å². The molecule has 146 valence electrons. The fraction of sp³-hybridized carbons (Fsp3) is 0.300. The van der Waals surface area contributed by atoms with Crippen LogP contribution in [0.3, 0.4) is 0 Å². The number of hydrogen-bond donors (Lipinski definition) is 1. The second kappa shape index (κ2) is 8.98. The summed E-state index contributed by atoms with van der Waals surface area (Å²) >= 11 is 0. The molecule has 8 nitrogen and oxygen atoms in total. The van der Waals surface area contributed by atoms with Gasteiger partial charge in [0.15, 0.2) is 6.61 Å². The topological polar surface area (TPSA) is 102 Å². The molecule has 28 heavy (non-hydrogen) atoms. The number of nitrogens with one attached hydrogen (secondary N) is 1. The summed E-state index contributed by atoms with van der Waals surface area (Å²) in [4.78, 5) is 36.7. The van der Waals surface area contributed by atoms with Crippen LogP contribution in [0, 0.1) is 16.0 Å². The van der Waals surface area contributed by atoms with Crippen LogP contribution in [-0.2, 0) is 9.59 Å².